The van der Waals surface area contributed by atoms with Crippen LogP contribution in [0.3, 0.4) is 0 Å². The molecule has 0 spiro atoms. The number of benzene rings is 3. The summed E-state index contributed by atoms with van der Waals surface area (Å²) in [7, 11) is 0. The summed E-state index contributed by atoms with van der Waals surface area (Å²) in [6, 6.07) is 25.8. The van der Waals surface area contributed by atoms with Gasteiger partial charge in [-0.2, -0.15) is 0 Å². The van der Waals surface area contributed by atoms with Crippen LogP contribution in [0.4, 0.5) is 31.8 Å². The molecule has 42 heteroatoms. The maximum absolute atomic E-state index is 13.3. The highest BCUT2D eigenvalue weighted by atomic mass is 16.8. The summed E-state index contributed by atoms with van der Waals surface area (Å²) in [6.07, 6.45) is 3.70. The van der Waals surface area contributed by atoms with Crippen molar-refractivity contribution in [3.8, 4) is 0 Å². The minimum Gasteiger partial charge on any atom is -0.481 e. The van der Waals surface area contributed by atoms with E-state index in [1.807, 2.05) is 112 Å². The van der Waals surface area contributed by atoms with Crippen molar-refractivity contribution in [1.82, 2.24) is 89.2 Å². The molecule has 0 saturated carbocycles. The molecule has 9 aliphatic heterocycles. The first-order valence-electron chi connectivity index (χ1n) is 41.1. The summed E-state index contributed by atoms with van der Waals surface area (Å²) >= 11 is 0. The Morgan fingerprint density at radius 3 is 1.05 bits per heavy atom. The third-order valence-corrected chi connectivity index (χ3v) is 22.9. The number of ether oxygens (including phenoxy) is 9. The minimum absolute atomic E-state index is 0.0475. The average molecular weight is 1700 g/mol. The summed E-state index contributed by atoms with van der Waals surface area (Å²) in [4.78, 5) is 154. The maximum Gasteiger partial charge on any atom is 0.326 e. The van der Waals surface area contributed by atoms with Gasteiger partial charge in [-0.3, -0.25) is 48.8 Å². The molecule has 0 aliphatic carbocycles. The van der Waals surface area contributed by atoms with Crippen LogP contribution in [0.5, 0.6) is 0 Å². The van der Waals surface area contributed by atoms with E-state index < -0.39 is 146 Å². The van der Waals surface area contributed by atoms with Gasteiger partial charge in [0.2, 0.25) is 17.7 Å². The van der Waals surface area contributed by atoms with Gasteiger partial charge in [-0.1, -0.05) is 91.0 Å². The second-order valence-corrected chi connectivity index (χ2v) is 30.6. The summed E-state index contributed by atoms with van der Waals surface area (Å²) in [5.74, 6) is -3.06. The number of nitrogens with zero attached hydrogens (tertiary/aromatic N) is 15. The summed E-state index contributed by atoms with van der Waals surface area (Å²) in [6.45, 7) is 8.40. The molecule has 42 nitrogen and oxygen atoms in total. The second-order valence-electron chi connectivity index (χ2n) is 30.6. The van der Waals surface area contributed by atoms with Crippen LogP contribution in [0.1, 0.15) is 146 Å². The first-order valence-corrected chi connectivity index (χ1v) is 41.1. The molecule has 12 unspecified atom stereocenters. The Morgan fingerprint density at radius 2 is 0.715 bits per heavy atom. The fourth-order valence-corrected chi connectivity index (χ4v) is 17.1. The van der Waals surface area contributed by atoms with Gasteiger partial charge < -0.3 is 88.6 Å². The molecule has 18 rings (SSSR count). The van der Waals surface area contributed by atoms with Crippen LogP contribution in [0.2, 0.25) is 0 Å². The molecule has 648 valence electrons. The number of amides is 9. The molecule has 9 fully saturated rings. The third-order valence-electron chi connectivity index (χ3n) is 22.9. The Bertz CT molecular complexity index is 5100. The van der Waals surface area contributed by atoms with Gasteiger partial charge in [0.05, 0.1) is 49.6 Å². The number of nitrogens with one attached hydrogen (secondary N) is 6. The van der Waals surface area contributed by atoms with Crippen LogP contribution in [0.25, 0.3) is 33.5 Å². The van der Waals surface area contributed by atoms with Crippen molar-refractivity contribution in [2.24, 2.45) is 5.92 Å². The van der Waals surface area contributed by atoms with Crippen molar-refractivity contribution in [3.05, 3.63) is 146 Å². The number of carbonyl (C=O) groups excluding carboxylic acids is 6. The van der Waals surface area contributed by atoms with Crippen molar-refractivity contribution in [2.75, 3.05) is 61.8 Å². The molecule has 9 aliphatic rings. The molecule has 17 atom stereocenters. The normalized spacial score (nSPS) is 26.9. The number of piperidine rings is 1. The zero-order valence-electron chi connectivity index (χ0n) is 67.1. The van der Waals surface area contributed by atoms with Crippen molar-refractivity contribution in [2.45, 2.75) is 196 Å². The number of urea groups is 3. The number of carbonyl (C=O) groups is 9. The molecular weight excluding hydrogens is 1600 g/mol. The second kappa shape index (κ2) is 37.5. The summed E-state index contributed by atoms with van der Waals surface area (Å²) in [5, 5.41) is 44.3. The van der Waals surface area contributed by atoms with E-state index in [9.17, 15) is 58.5 Å². The molecule has 6 aromatic heterocycles. The van der Waals surface area contributed by atoms with Gasteiger partial charge in [0, 0.05) is 75.3 Å². The molecule has 15 heterocycles. The van der Waals surface area contributed by atoms with Crippen LogP contribution in [-0.4, -0.2) is 255 Å². The number of hydrogen-bond donors (Lipinski definition) is 9. The van der Waals surface area contributed by atoms with E-state index >= 15 is 0 Å². The van der Waals surface area contributed by atoms with E-state index in [4.69, 9.17) is 42.6 Å². The average Bonchev–Trinajstić information content (AvgIpc) is 1.60. The van der Waals surface area contributed by atoms with Crippen LogP contribution in [0.15, 0.2) is 129 Å². The lowest BCUT2D eigenvalue weighted by Gasteiger charge is -2.31. The van der Waals surface area contributed by atoms with E-state index in [0.717, 1.165) is 16.7 Å². The Kier molecular flexibility index (Phi) is 25.7. The highest BCUT2D eigenvalue weighted by molar-refractivity contribution is 5.98. The van der Waals surface area contributed by atoms with E-state index in [1.54, 1.807) is 37.6 Å². The number of aromatic nitrogens is 12. The molecule has 0 bridgehead atoms. The number of anilines is 3. The van der Waals surface area contributed by atoms with Gasteiger partial charge in [-0.15, -0.1) is 0 Å². The van der Waals surface area contributed by atoms with Crippen LogP contribution >= 0.6 is 0 Å². The molecule has 3 aromatic carbocycles. The van der Waals surface area contributed by atoms with Crippen LogP contribution in [-0.2, 0) is 71.4 Å². The molecule has 9 N–H and O–H groups in total. The summed E-state index contributed by atoms with van der Waals surface area (Å²) in [5.41, 5.74) is 4.96. The van der Waals surface area contributed by atoms with E-state index in [1.165, 1.54) is 28.8 Å². The molecular formula is C81H93N21O21. The van der Waals surface area contributed by atoms with E-state index in [0.29, 0.717) is 131 Å². The zero-order valence-corrected chi connectivity index (χ0v) is 67.1. The number of rotatable bonds is 23. The summed E-state index contributed by atoms with van der Waals surface area (Å²) < 4.78 is 62.6. The number of aliphatic carboxylic acids is 3. The molecule has 9 aromatic rings. The Labute approximate surface area is 701 Å². The standard InChI is InChI=1S/3C27H31N7O7/c2*1-2-28-27(38)32-22-19-23(30-13-29-22)34(14-31-19)24-21-20(40-26(41-21)15-7-4-3-5-8-15)17(39-24)10-11-18(35)33-12-6-9-16(33)25(36)37;1-2-28-27(38)32-22-19-23(30-13-29-22)34(14-31-19)24-21-20(40-26(41-21)16-6-4-3-5-7-16)17(39-24)12-18(35)33-10-8-15(9-11-33)25(36)37/h2*3-5,7-8,13-14,16-17,20-21,24,26H,2,6,9-12H2,1H3,(H,36,37)(H2,28,29,30,32,38);3-7,13-15,17,20-21,24,26H,2,8-12H2,1H3,(H,36,37)(H2,28,29,30,32,38)/t16-,17?,20?,21?,24?,26+;16-,17?,20?,21?,24?,26-;17?,20?,21?,24?,26-/m100/s1. The monoisotopic (exact) mass is 1700 g/mol. The van der Waals surface area contributed by atoms with Gasteiger partial charge in [-0.05, 0) is 72.1 Å². The van der Waals surface area contributed by atoms with Crippen molar-refractivity contribution in [3.63, 3.8) is 0 Å². The zero-order chi connectivity index (χ0) is 85.5. The maximum atomic E-state index is 13.3. The molecule has 0 radical (unpaired) electrons. The fraction of sp³-hybridized carbons (Fsp3) is 0.481. The Morgan fingerprint density at radius 1 is 0.382 bits per heavy atom. The van der Waals surface area contributed by atoms with E-state index in [-0.39, 0.29) is 54.4 Å². The van der Waals surface area contributed by atoms with Gasteiger partial charge in [-0.25, -0.2) is 68.8 Å². The van der Waals surface area contributed by atoms with Gasteiger partial charge in [0.1, 0.15) is 67.7 Å². The van der Waals surface area contributed by atoms with Crippen molar-refractivity contribution in [1.29, 1.82) is 0 Å². The number of imidazole rings is 3. The molecule has 123 heavy (non-hydrogen) atoms. The number of carboxylic acid groups (broad SMARTS) is 3. The third kappa shape index (κ3) is 18.0. The largest absolute Gasteiger partial charge is 0.481 e. The SMILES string of the molecule is CCNC(=O)Nc1ncnc2c1ncn2C1OC(CC(=O)N2CCC(C(=O)O)CC2)C2O[C@H](c3ccccc3)OC21.CCNC(=O)Nc1ncnc2c1ncn2C1OC(CCC(=O)N2CCC[C@@H]2C(=O)O)C2O[C@H](c3ccccc3)OC21.CCNC(=O)Nc1ncnc2c1ncn2C1OC(CCC(=O)N2CCC[C@H]2C(=O)O)C2O[C@H](c3ccccc3)OC21. The molecule has 9 saturated heterocycles. The first kappa shape index (κ1) is 84.2. The smallest absolute Gasteiger partial charge is 0.326 e. The van der Waals surface area contributed by atoms with Gasteiger partial charge >= 0.3 is 36.0 Å². The molecule has 9 amide bonds. The predicted octanol–water partition coefficient (Wildman–Crippen LogP) is 6.47. The highest BCUT2D eigenvalue weighted by Crippen LogP contribution is 2.50. The van der Waals surface area contributed by atoms with Crippen LogP contribution < -0.4 is 31.9 Å². The van der Waals surface area contributed by atoms with Gasteiger partial charge in [0.15, 0.2) is 88.5 Å². The quantitative estimate of drug-likeness (QED) is 0.0331. The topological polar surface area (TPSA) is 510 Å². The van der Waals surface area contributed by atoms with Crippen molar-refractivity contribution >= 4 is 105 Å². The number of likely N-dealkylation sites (tertiary alicyclic amines) is 3. The lowest BCUT2D eigenvalue weighted by Crippen LogP contribution is -2.42. The minimum atomic E-state index is -0.985. The number of fused-ring (bicyclic) bond motifs is 6. The Hall–Kier alpha value is -12.4. The first-order chi connectivity index (χ1) is 59.8. The fourth-order valence-electron chi connectivity index (χ4n) is 17.1. The van der Waals surface area contributed by atoms with Crippen molar-refractivity contribution < 1.29 is 101 Å². The highest BCUT2D eigenvalue weighted by Gasteiger charge is 2.58. The van der Waals surface area contributed by atoms with Crippen LogP contribution in [0, 0.1) is 5.92 Å². The number of hydrogen-bond acceptors (Lipinski definition) is 27. The lowest BCUT2D eigenvalue weighted by molar-refractivity contribution is -0.157. The van der Waals surface area contributed by atoms with Gasteiger partial charge in [0.25, 0.3) is 0 Å². The van der Waals surface area contributed by atoms with E-state index in [2.05, 4.69) is 76.8 Å². The Balaban J connectivity index is 0.000000137. The lowest BCUT2D eigenvalue weighted by atomic mass is 9.96. The predicted molar refractivity (Wildman–Crippen MR) is 427 cm³/mol. The number of carboxylic acids is 3.